The van der Waals surface area contributed by atoms with Crippen molar-refractivity contribution >= 4 is 40.3 Å². The van der Waals surface area contributed by atoms with Gasteiger partial charge >= 0.3 is 0 Å². The summed E-state index contributed by atoms with van der Waals surface area (Å²) >= 11 is 1.24. The van der Waals surface area contributed by atoms with E-state index in [4.69, 9.17) is 14.2 Å². The summed E-state index contributed by atoms with van der Waals surface area (Å²) in [6.45, 7) is 1.84. The Morgan fingerprint density at radius 2 is 1.83 bits per heavy atom. The third kappa shape index (κ3) is 5.66. The first-order valence-electron chi connectivity index (χ1n) is 10.9. The number of carbonyl (C=O) groups is 1. The molecule has 36 heavy (non-hydrogen) atoms. The summed E-state index contributed by atoms with van der Waals surface area (Å²) in [5.74, 6) is 1.49. The van der Waals surface area contributed by atoms with Crippen molar-refractivity contribution in [2.45, 2.75) is 13.5 Å². The van der Waals surface area contributed by atoms with Gasteiger partial charge in [0.1, 0.15) is 29.5 Å². The number of rotatable bonds is 8. The highest BCUT2D eigenvalue weighted by molar-refractivity contribution is 8.18. The summed E-state index contributed by atoms with van der Waals surface area (Å²) in [5, 5.41) is 14.3. The Kier molecular flexibility index (Phi) is 7.55. The second-order valence-corrected chi connectivity index (χ2v) is 8.75. The van der Waals surface area contributed by atoms with Crippen LogP contribution >= 0.6 is 11.8 Å². The molecular weight excluding hydrogens is 482 g/mol. The molecule has 4 rings (SSSR count). The molecule has 10 heteroatoms. The Morgan fingerprint density at radius 1 is 1.06 bits per heavy atom. The molecule has 1 aliphatic rings. The highest BCUT2D eigenvalue weighted by Crippen LogP contribution is 2.33. The van der Waals surface area contributed by atoms with Crippen molar-refractivity contribution in [1.82, 2.24) is 5.32 Å². The summed E-state index contributed by atoms with van der Waals surface area (Å²) in [5.41, 5.74) is 2.71. The van der Waals surface area contributed by atoms with E-state index < -0.39 is 4.92 Å². The fourth-order valence-electron chi connectivity index (χ4n) is 3.55. The van der Waals surface area contributed by atoms with Crippen molar-refractivity contribution in [3.05, 3.63) is 92.4 Å². The fourth-order valence-corrected chi connectivity index (χ4v) is 4.38. The second kappa shape index (κ2) is 11.0. The quantitative estimate of drug-likeness (QED) is 0.248. The van der Waals surface area contributed by atoms with E-state index in [1.165, 1.54) is 17.8 Å². The average molecular weight is 506 g/mol. The van der Waals surface area contributed by atoms with Gasteiger partial charge in [-0.3, -0.25) is 14.9 Å². The molecule has 1 fully saturated rings. The van der Waals surface area contributed by atoms with E-state index in [-0.39, 0.29) is 18.2 Å². The zero-order chi connectivity index (χ0) is 25.7. The number of ether oxygens (including phenoxy) is 3. The van der Waals surface area contributed by atoms with E-state index in [1.54, 1.807) is 51.5 Å². The summed E-state index contributed by atoms with van der Waals surface area (Å²) < 4.78 is 16.6. The Labute approximate surface area is 211 Å². The second-order valence-electron chi connectivity index (χ2n) is 7.72. The maximum absolute atomic E-state index is 12.6. The van der Waals surface area contributed by atoms with Crippen LogP contribution in [0.2, 0.25) is 0 Å². The lowest BCUT2D eigenvalue weighted by Gasteiger charge is -2.12. The van der Waals surface area contributed by atoms with Crippen LogP contribution in [0.25, 0.3) is 6.08 Å². The number of nitro groups is 1. The summed E-state index contributed by atoms with van der Waals surface area (Å²) in [7, 11) is 3.13. The molecule has 0 aliphatic carbocycles. The van der Waals surface area contributed by atoms with Crippen molar-refractivity contribution in [2.24, 2.45) is 4.99 Å². The van der Waals surface area contributed by atoms with Crippen LogP contribution in [0.5, 0.6) is 17.2 Å². The lowest BCUT2D eigenvalue weighted by molar-refractivity contribution is -0.385. The summed E-state index contributed by atoms with van der Waals surface area (Å²) in [6.07, 6.45) is 1.77. The van der Waals surface area contributed by atoms with Crippen LogP contribution in [0.15, 0.2) is 70.6 Å². The van der Waals surface area contributed by atoms with E-state index in [2.05, 4.69) is 10.3 Å². The molecule has 0 spiro atoms. The maximum atomic E-state index is 12.6. The van der Waals surface area contributed by atoms with Crippen LogP contribution in [0.4, 0.5) is 11.4 Å². The van der Waals surface area contributed by atoms with Gasteiger partial charge in [0.25, 0.3) is 11.6 Å². The van der Waals surface area contributed by atoms with Crippen molar-refractivity contribution in [1.29, 1.82) is 0 Å². The standard InChI is InChI=1S/C26H23N3O6S/c1-16-12-19(9-10-21(16)29(31)32)35-15-18-13-17(8-11-22(18)33-2)14-24-25(30)28-26(36-24)27-20-6-4-5-7-23(20)34-3/h4-14H,15H2,1-3H3,(H,27,28,30)/b24-14-. The minimum atomic E-state index is -0.428. The van der Waals surface area contributed by atoms with Crippen molar-refractivity contribution < 1.29 is 23.9 Å². The SMILES string of the molecule is COc1ccc(/C=C2\SC(=Nc3ccccc3OC)NC2=O)cc1COc1ccc([N+](=O)[O-])c(C)c1. The molecule has 1 heterocycles. The van der Waals surface area contributed by atoms with Gasteiger partial charge in [-0.15, -0.1) is 0 Å². The van der Waals surface area contributed by atoms with Crippen LogP contribution in [-0.4, -0.2) is 30.2 Å². The summed E-state index contributed by atoms with van der Waals surface area (Å²) in [6, 6.07) is 17.4. The minimum absolute atomic E-state index is 0.0366. The third-order valence-corrected chi connectivity index (χ3v) is 6.23. The lowest BCUT2D eigenvalue weighted by atomic mass is 10.1. The molecule has 1 aliphatic heterocycles. The van der Waals surface area contributed by atoms with Crippen molar-refractivity contribution in [2.75, 3.05) is 14.2 Å². The molecule has 184 valence electrons. The highest BCUT2D eigenvalue weighted by Gasteiger charge is 2.24. The van der Waals surface area contributed by atoms with Crippen molar-refractivity contribution in [3.8, 4) is 17.2 Å². The first kappa shape index (κ1) is 24.8. The Balaban J connectivity index is 1.52. The van der Waals surface area contributed by atoms with Crippen LogP contribution in [0.1, 0.15) is 16.7 Å². The minimum Gasteiger partial charge on any atom is -0.496 e. The molecule has 3 aromatic rings. The number of hydrogen-bond acceptors (Lipinski definition) is 8. The number of nitrogens with one attached hydrogen (secondary N) is 1. The molecular formula is C26H23N3O6S. The number of methoxy groups -OCH3 is 2. The fraction of sp³-hybridized carbons (Fsp3) is 0.154. The number of para-hydroxylation sites is 2. The summed E-state index contributed by atoms with van der Waals surface area (Å²) in [4.78, 5) is 28.2. The molecule has 0 saturated carbocycles. The van der Waals surface area contributed by atoms with Gasteiger partial charge in [-0.1, -0.05) is 18.2 Å². The van der Waals surface area contributed by atoms with Crippen LogP contribution in [-0.2, 0) is 11.4 Å². The maximum Gasteiger partial charge on any atom is 0.272 e. The number of benzene rings is 3. The van der Waals surface area contributed by atoms with E-state index in [1.807, 2.05) is 30.3 Å². The predicted octanol–water partition coefficient (Wildman–Crippen LogP) is 5.39. The monoisotopic (exact) mass is 505 g/mol. The lowest BCUT2D eigenvalue weighted by Crippen LogP contribution is -2.19. The predicted molar refractivity (Wildman–Crippen MR) is 139 cm³/mol. The molecule has 0 bridgehead atoms. The molecule has 0 aromatic heterocycles. The molecule has 1 saturated heterocycles. The van der Waals surface area contributed by atoms with Crippen LogP contribution in [0.3, 0.4) is 0 Å². The molecule has 0 radical (unpaired) electrons. The topological polar surface area (TPSA) is 112 Å². The number of nitrogens with zero attached hydrogens (tertiary/aromatic N) is 2. The zero-order valence-electron chi connectivity index (χ0n) is 19.8. The van der Waals surface area contributed by atoms with E-state index >= 15 is 0 Å². The normalized spacial score (nSPS) is 15.1. The smallest absolute Gasteiger partial charge is 0.272 e. The average Bonchev–Trinajstić information content (AvgIpc) is 3.21. The van der Waals surface area contributed by atoms with E-state index in [9.17, 15) is 14.9 Å². The number of aliphatic imine (C=N–C) groups is 1. The third-order valence-electron chi connectivity index (χ3n) is 5.32. The van der Waals surface area contributed by atoms with Crippen molar-refractivity contribution in [3.63, 3.8) is 0 Å². The van der Waals surface area contributed by atoms with Crippen LogP contribution in [0, 0.1) is 17.0 Å². The van der Waals surface area contributed by atoms with E-state index in [0.29, 0.717) is 38.6 Å². The number of nitro benzene ring substituents is 1. The Bertz CT molecular complexity index is 1390. The molecule has 1 amide bonds. The molecule has 9 nitrogen and oxygen atoms in total. The van der Waals surface area contributed by atoms with Gasteiger partial charge in [-0.2, -0.15) is 0 Å². The van der Waals surface area contributed by atoms with Gasteiger partial charge < -0.3 is 19.5 Å². The van der Waals surface area contributed by atoms with Gasteiger partial charge in [-0.05, 0) is 66.7 Å². The first-order chi connectivity index (χ1) is 17.4. The highest BCUT2D eigenvalue weighted by atomic mass is 32.2. The van der Waals surface area contributed by atoms with Gasteiger partial charge in [0.2, 0.25) is 0 Å². The van der Waals surface area contributed by atoms with Gasteiger partial charge in [-0.25, -0.2) is 4.99 Å². The number of thioether (sulfide) groups is 1. The number of aryl methyl sites for hydroxylation is 1. The van der Waals surface area contributed by atoms with Crippen LogP contribution < -0.4 is 19.5 Å². The number of carbonyl (C=O) groups excluding carboxylic acids is 1. The van der Waals surface area contributed by atoms with E-state index in [0.717, 1.165) is 11.1 Å². The molecule has 0 unspecified atom stereocenters. The Hall–Kier alpha value is -4.31. The zero-order valence-corrected chi connectivity index (χ0v) is 20.6. The van der Waals surface area contributed by atoms with Gasteiger partial charge in [0.05, 0.1) is 24.0 Å². The van der Waals surface area contributed by atoms with Gasteiger partial charge in [0.15, 0.2) is 5.17 Å². The number of hydrogen-bond donors (Lipinski definition) is 1. The number of amidine groups is 1. The first-order valence-corrected chi connectivity index (χ1v) is 11.7. The molecule has 1 N–H and O–H groups in total. The van der Waals surface area contributed by atoms with Gasteiger partial charge in [0, 0.05) is 17.2 Å². The number of amides is 1. The Morgan fingerprint density at radius 3 is 2.56 bits per heavy atom. The molecule has 0 atom stereocenters. The largest absolute Gasteiger partial charge is 0.496 e. The molecule has 3 aromatic carbocycles.